The lowest BCUT2D eigenvalue weighted by Gasteiger charge is -2.06. The Kier molecular flexibility index (Phi) is 5.33. The third-order valence-corrected chi connectivity index (χ3v) is 2.58. The Morgan fingerprint density at radius 1 is 1.25 bits per heavy atom. The van der Waals surface area contributed by atoms with Crippen molar-refractivity contribution < 1.29 is 0 Å². The SMILES string of the molecule is CCCCC(C)C#C[Si](C)(C)C. The van der Waals surface area contributed by atoms with Crippen molar-refractivity contribution in [3.63, 3.8) is 0 Å². The molecule has 0 aliphatic carbocycles. The third-order valence-electron chi connectivity index (χ3n) is 1.68. The highest BCUT2D eigenvalue weighted by Gasteiger charge is 2.07. The Morgan fingerprint density at radius 3 is 2.25 bits per heavy atom. The van der Waals surface area contributed by atoms with Crippen LogP contribution in [0.15, 0.2) is 0 Å². The van der Waals surface area contributed by atoms with E-state index in [1.54, 1.807) is 0 Å². The molecule has 0 spiro atoms. The molecule has 1 atom stereocenters. The summed E-state index contributed by atoms with van der Waals surface area (Å²) in [6.45, 7) is 11.4. The first-order valence-corrected chi connectivity index (χ1v) is 8.48. The van der Waals surface area contributed by atoms with E-state index in [-0.39, 0.29) is 0 Å². The molecule has 0 nitrogen and oxygen atoms in total. The van der Waals surface area contributed by atoms with Crippen molar-refractivity contribution in [3.05, 3.63) is 0 Å². The molecule has 0 saturated heterocycles. The van der Waals surface area contributed by atoms with Crippen molar-refractivity contribution in [1.29, 1.82) is 0 Å². The average molecular weight is 182 g/mol. The molecule has 0 saturated carbocycles. The summed E-state index contributed by atoms with van der Waals surface area (Å²) in [5.41, 5.74) is 3.42. The first-order valence-electron chi connectivity index (χ1n) is 4.98. The van der Waals surface area contributed by atoms with Crippen LogP contribution in [0.5, 0.6) is 0 Å². The first kappa shape index (κ1) is 11.8. The molecule has 1 unspecified atom stereocenters. The number of hydrogen-bond donors (Lipinski definition) is 0. The molecule has 70 valence electrons. The second-order valence-electron chi connectivity index (χ2n) is 4.56. The zero-order chi connectivity index (χ0) is 9.61. The van der Waals surface area contributed by atoms with Crippen LogP contribution in [0.1, 0.15) is 33.1 Å². The molecule has 0 aromatic rings. The van der Waals surface area contributed by atoms with Crippen molar-refractivity contribution in [2.45, 2.75) is 52.8 Å². The van der Waals surface area contributed by atoms with E-state index in [4.69, 9.17) is 0 Å². The standard InChI is InChI=1S/C11H22Si/c1-6-7-8-11(2)9-10-12(3,4)5/h11H,6-8H2,1-5H3. The van der Waals surface area contributed by atoms with Gasteiger partial charge < -0.3 is 0 Å². The summed E-state index contributed by atoms with van der Waals surface area (Å²) < 4.78 is 0. The zero-order valence-corrected chi connectivity index (χ0v) is 10.2. The maximum absolute atomic E-state index is 3.42. The van der Waals surface area contributed by atoms with E-state index in [0.717, 1.165) is 0 Å². The zero-order valence-electron chi connectivity index (χ0n) is 9.20. The van der Waals surface area contributed by atoms with Gasteiger partial charge in [-0.2, -0.15) is 0 Å². The smallest absolute Gasteiger partial charge is 0.129 e. The fourth-order valence-corrected chi connectivity index (χ4v) is 1.60. The Bertz CT molecular complexity index is 166. The topological polar surface area (TPSA) is 0 Å². The predicted molar refractivity (Wildman–Crippen MR) is 59.8 cm³/mol. The van der Waals surface area contributed by atoms with E-state index in [0.29, 0.717) is 5.92 Å². The maximum atomic E-state index is 3.42. The quantitative estimate of drug-likeness (QED) is 0.461. The van der Waals surface area contributed by atoms with E-state index in [9.17, 15) is 0 Å². The van der Waals surface area contributed by atoms with Crippen molar-refractivity contribution in [2.24, 2.45) is 5.92 Å². The molecule has 0 aromatic carbocycles. The van der Waals surface area contributed by atoms with E-state index in [1.165, 1.54) is 19.3 Å². The molecule has 0 bridgehead atoms. The van der Waals surface area contributed by atoms with Crippen molar-refractivity contribution in [2.75, 3.05) is 0 Å². The van der Waals surface area contributed by atoms with Crippen LogP contribution in [-0.4, -0.2) is 8.07 Å². The van der Waals surface area contributed by atoms with Crippen LogP contribution in [0.25, 0.3) is 0 Å². The van der Waals surface area contributed by atoms with Gasteiger partial charge in [-0.15, -0.1) is 11.5 Å². The Balaban J connectivity index is 3.79. The van der Waals surface area contributed by atoms with Gasteiger partial charge in [0.25, 0.3) is 0 Å². The lowest BCUT2D eigenvalue weighted by Crippen LogP contribution is -2.16. The van der Waals surface area contributed by atoms with E-state index in [1.807, 2.05) is 0 Å². The minimum Gasteiger partial charge on any atom is -0.132 e. The molecule has 0 aromatic heterocycles. The summed E-state index contributed by atoms with van der Waals surface area (Å²) in [5.74, 6) is 3.98. The van der Waals surface area contributed by atoms with Gasteiger partial charge in [0.15, 0.2) is 0 Å². The van der Waals surface area contributed by atoms with Crippen LogP contribution in [0.4, 0.5) is 0 Å². The second-order valence-corrected chi connectivity index (χ2v) is 9.31. The highest BCUT2D eigenvalue weighted by Crippen LogP contribution is 2.06. The molecular weight excluding hydrogens is 160 g/mol. The van der Waals surface area contributed by atoms with E-state index < -0.39 is 8.07 Å². The summed E-state index contributed by atoms with van der Waals surface area (Å²) in [7, 11) is -1.12. The maximum Gasteiger partial charge on any atom is 0.129 e. The second kappa shape index (κ2) is 5.43. The summed E-state index contributed by atoms with van der Waals surface area (Å²) in [6.07, 6.45) is 3.88. The van der Waals surface area contributed by atoms with Crippen LogP contribution in [-0.2, 0) is 0 Å². The molecule has 0 aliphatic rings. The van der Waals surface area contributed by atoms with Crippen LogP contribution in [0.2, 0.25) is 19.6 Å². The van der Waals surface area contributed by atoms with Gasteiger partial charge in [-0.05, 0) is 6.42 Å². The lowest BCUT2D eigenvalue weighted by atomic mass is 10.1. The van der Waals surface area contributed by atoms with Gasteiger partial charge in [-0.25, -0.2) is 0 Å². The Labute approximate surface area is 78.8 Å². The normalized spacial score (nSPS) is 13.4. The van der Waals surface area contributed by atoms with Gasteiger partial charge in [-0.1, -0.05) is 46.3 Å². The van der Waals surface area contributed by atoms with E-state index in [2.05, 4.69) is 45.0 Å². The molecule has 0 heterocycles. The molecule has 0 rings (SSSR count). The molecule has 0 amide bonds. The van der Waals surface area contributed by atoms with Gasteiger partial charge in [0.05, 0.1) is 0 Å². The Hall–Kier alpha value is -0.223. The summed E-state index contributed by atoms with van der Waals surface area (Å²) in [6, 6.07) is 0. The van der Waals surface area contributed by atoms with Gasteiger partial charge in [-0.3, -0.25) is 0 Å². The lowest BCUT2D eigenvalue weighted by molar-refractivity contribution is 0.614. The van der Waals surface area contributed by atoms with Crippen LogP contribution in [0.3, 0.4) is 0 Å². The third kappa shape index (κ3) is 7.88. The molecular formula is C11H22Si. The van der Waals surface area contributed by atoms with Gasteiger partial charge in [0, 0.05) is 5.92 Å². The monoisotopic (exact) mass is 182 g/mol. The van der Waals surface area contributed by atoms with Crippen molar-refractivity contribution in [3.8, 4) is 11.5 Å². The van der Waals surface area contributed by atoms with Crippen molar-refractivity contribution in [1.82, 2.24) is 0 Å². The number of hydrogen-bond acceptors (Lipinski definition) is 0. The highest BCUT2D eigenvalue weighted by atomic mass is 28.3. The van der Waals surface area contributed by atoms with E-state index >= 15 is 0 Å². The fraction of sp³-hybridized carbons (Fsp3) is 0.818. The molecule has 0 fully saturated rings. The summed E-state index contributed by atoms with van der Waals surface area (Å²) in [4.78, 5) is 0. The largest absolute Gasteiger partial charge is 0.132 e. The Morgan fingerprint density at radius 2 is 1.83 bits per heavy atom. The molecule has 1 heteroatoms. The summed E-state index contributed by atoms with van der Waals surface area (Å²) >= 11 is 0. The van der Waals surface area contributed by atoms with Gasteiger partial charge in [0.1, 0.15) is 8.07 Å². The average Bonchev–Trinajstić information content (AvgIpc) is 1.95. The minimum atomic E-state index is -1.12. The molecule has 0 N–H and O–H groups in total. The minimum absolute atomic E-state index is 0.608. The predicted octanol–water partition coefficient (Wildman–Crippen LogP) is 3.69. The summed E-state index contributed by atoms with van der Waals surface area (Å²) in [5, 5.41) is 0. The highest BCUT2D eigenvalue weighted by molar-refractivity contribution is 6.83. The number of rotatable bonds is 3. The van der Waals surface area contributed by atoms with Gasteiger partial charge >= 0.3 is 0 Å². The first-order chi connectivity index (χ1) is 5.45. The van der Waals surface area contributed by atoms with Crippen molar-refractivity contribution >= 4 is 8.07 Å². The fourth-order valence-electron chi connectivity index (χ4n) is 0.922. The number of unbranched alkanes of at least 4 members (excludes halogenated alkanes) is 1. The van der Waals surface area contributed by atoms with Crippen LogP contribution in [0, 0.1) is 17.4 Å². The van der Waals surface area contributed by atoms with Gasteiger partial charge in [0.2, 0.25) is 0 Å². The van der Waals surface area contributed by atoms with Crippen LogP contribution < -0.4 is 0 Å². The molecule has 0 radical (unpaired) electrons. The van der Waals surface area contributed by atoms with Crippen LogP contribution >= 0.6 is 0 Å². The molecule has 0 aliphatic heterocycles. The molecule has 12 heavy (non-hydrogen) atoms.